The second kappa shape index (κ2) is 5.56. The number of hydrogen-bond acceptors (Lipinski definition) is 4. The second-order valence-corrected chi connectivity index (χ2v) is 5.52. The largest absolute Gasteiger partial charge is 0.388 e. The van der Waals surface area contributed by atoms with Crippen LogP contribution in [0.2, 0.25) is 0 Å². The van der Waals surface area contributed by atoms with Crippen LogP contribution in [0.1, 0.15) is 17.4 Å². The van der Waals surface area contributed by atoms with Crippen LogP contribution in [0.5, 0.6) is 0 Å². The number of aliphatic hydroxyl groups is 1. The number of aromatic nitrogens is 3. The maximum Gasteiger partial charge on any atom is 0.141 e. The summed E-state index contributed by atoms with van der Waals surface area (Å²) in [6.07, 6.45) is 3.57. The van der Waals surface area contributed by atoms with Crippen molar-refractivity contribution < 1.29 is 5.11 Å². The van der Waals surface area contributed by atoms with Crippen molar-refractivity contribution in [2.24, 2.45) is 7.05 Å². The lowest BCUT2D eigenvalue weighted by Gasteiger charge is -2.08. The van der Waals surface area contributed by atoms with Crippen LogP contribution in [0, 0.1) is 0 Å². The fourth-order valence-corrected chi connectivity index (χ4v) is 2.96. The zero-order chi connectivity index (χ0) is 13.9. The third-order valence-electron chi connectivity index (χ3n) is 3.17. The summed E-state index contributed by atoms with van der Waals surface area (Å²) >= 11 is 1.58. The van der Waals surface area contributed by atoms with Gasteiger partial charge in [-0.15, -0.1) is 11.3 Å². The van der Waals surface area contributed by atoms with E-state index in [9.17, 15) is 5.11 Å². The summed E-state index contributed by atoms with van der Waals surface area (Å²) in [5.74, 6) is 0. The Hall–Kier alpha value is -1.98. The Kier molecular flexibility index (Phi) is 3.62. The second-order valence-electron chi connectivity index (χ2n) is 4.66. The predicted molar refractivity (Wildman–Crippen MR) is 79.4 cm³/mol. The third-order valence-corrected chi connectivity index (χ3v) is 4.09. The Bertz CT molecular complexity index is 690. The Morgan fingerprint density at radius 1 is 1.30 bits per heavy atom. The van der Waals surface area contributed by atoms with E-state index in [1.807, 2.05) is 47.3 Å². The van der Waals surface area contributed by atoms with E-state index in [0.29, 0.717) is 6.42 Å². The highest BCUT2D eigenvalue weighted by Crippen LogP contribution is 2.25. The van der Waals surface area contributed by atoms with E-state index >= 15 is 0 Å². The lowest BCUT2D eigenvalue weighted by atomic mass is 10.1. The molecular weight excluding hydrogens is 270 g/mol. The van der Waals surface area contributed by atoms with Gasteiger partial charge in [-0.05, 0) is 5.56 Å². The Morgan fingerprint density at radius 3 is 2.80 bits per heavy atom. The van der Waals surface area contributed by atoms with E-state index in [0.717, 1.165) is 22.0 Å². The molecule has 1 unspecified atom stereocenters. The molecule has 2 heterocycles. The molecule has 2 aromatic heterocycles. The number of rotatable bonds is 4. The molecule has 1 atom stereocenters. The summed E-state index contributed by atoms with van der Waals surface area (Å²) in [4.78, 5) is 8.67. The van der Waals surface area contributed by atoms with Crippen LogP contribution < -0.4 is 0 Å². The van der Waals surface area contributed by atoms with E-state index in [2.05, 4.69) is 9.97 Å². The first kappa shape index (κ1) is 13.0. The highest BCUT2D eigenvalue weighted by Gasteiger charge is 2.12. The molecule has 1 aromatic carbocycles. The molecule has 20 heavy (non-hydrogen) atoms. The van der Waals surface area contributed by atoms with Crippen molar-refractivity contribution in [1.29, 1.82) is 0 Å². The first-order valence-corrected chi connectivity index (χ1v) is 7.26. The first-order valence-electron chi connectivity index (χ1n) is 6.38. The zero-order valence-corrected chi connectivity index (χ0v) is 11.9. The summed E-state index contributed by atoms with van der Waals surface area (Å²) in [6.45, 7) is 0. The van der Waals surface area contributed by atoms with Gasteiger partial charge in [0.25, 0.3) is 0 Å². The molecule has 3 aromatic rings. The van der Waals surface area contributed by atoms with Crippen LogP contribution in [0.3, 0.4) is 0 Å². The molecule has 0 aliphatic carbocycles. The molecule has 0 aliphatic heterocycles. The quantitative estimate of drug-likeness (QED) is 0.802. The van der Waals surface area contributed by atoms with Crippen LogP contribution >= 0.6 is 11.3 Å². The van der Waals surface area contributed by atoms with Gasteiger partial charge < -0.3 is 9.67 Å². The van der Waals surface area contributed by atoms with Gasteiger partial charge in [0.2, 0.25) is 0 Å². The molecular formula is C15H15N3OS. The zero-order valence-electron chi connectivity index (χ0n) is 11.1. The van der Waals surface area contributed by atoms with Crippen molar-refractivity contribution in [3.63, 3.8) is 0 Å². The van der Waals surface area contributed by atoms with Crippen molar-refractivity contribution in [2.75, 3.05) is 0 Å². The van der Waals surface area contributed by atoms with Crippen molar-refractivity contribution in [1.82, 2.24) is 14.5 Å². The van der Waals surface area contributed by atoms with E-state index in [-0.39, 0.29) is 0 Å². The standard InChI is InChI=1S/C15H15N3OS/c1-18-10-16-8-13(18)15-17-12(9-20-15)7-14(19)11-5-3-2-4-6-11/h2-6,8-10,14,19H,7H2,1H3. The molecule has 5 heteroatoms. The van der Waals surface area contributed by atoms with Gasteiger partial charge in [-0.3, -0.25) is 0 Å². The van der Waals surface area contributed by atoms with E-state index < -0.39 is 6.10 Å². The predicted octanol–water partition coefficient (Wildman–Crippen LogP) is 2.82. The lowest BCUT2D eigenvalue weighted by Crippen LogP contribution is -2.01. The Balaban J connectivity index is 1.77. The molecule has 102 valence electrons. The van der Waals surface area contributed by atoms with Crippen LogP contribution in [0.15, 0.2) is 48.2 Å². The fourth-order valence-electron chi connectivity index (χ4n) is 2.07. The summed E-state index contributed by atoms with van der Waals surface area (Å²) < 4.78 is 1.94. The normalized spacial score (nSPS) is 12.5. The SMILES string of the molecule is Cn1cncc1-c1nc(CC(O)c2ccccc2)cs1. The summed E-state index contributed by atoms with van der Waals surface area (Å²) in [5.41, 5.74) is 2.82. The fraction of sp³-hybridized carbons (Fsp3) is 0.200. The van der Waals surface area contributed by atoms with Crippen LogP contribution in [-0.4, -0.2) is 19.6 Å². The highest BCUT2D eigenvalue weighted by atomic mass is 32.1. The van der Waals surface area contributed by atoms with Crippen LogP contribution in [-0.2, 0) is 13.5 Å². The van der Waals surface area contributed by atoms with Gasteiger partial charge in [0.15, 0.2) is 0 Å². The molecule has 0 amide bonds. The van der Waals surface area contributed by atoms with Crippen molar-refractivity contribution in [2.45, 2.75) is 12.5 Å². The van der Waals surface area contributed by atoms with Gasteiger partial charge in [-0.2, -0.15) is 0 Å². The van der Waals surface area contributed by atoms with Gasteiger partial charge >= 0.3 is 0 Å². The number of thiazole rings is 1. The first-order chi connectivity index (χ1) is 9.74. The number of aliphatic hydroxyl groups excluding tert-OH is 1. The Morgan fingerprint density at radius 2 is 2.10 bits per heavy atom. The van der Waals surface area contributed by atoms with Crippen molar-refractivity contribution >= 4 is 11.3 Å². The number of benzene rings is 1. The maximum absolute atomic E-state index is 10.2. The van der Waals surface area contributed by atoms with E-state index in [1.54, 1.807) is 23.9 Å². The smallest absolute Gasteiger partial charge is 0.141 e. The number of nitrogens with zero attached hydrogens (tertiary/aromatic N) is 3. The number of imidazole rings is 1. The third kappa shape index (κ3) is 2.64. The number of hydrogen-bond donors (Lipinski definition) is 1. The highest BCUT2D eigenvalue weighted by molar-refractivity contribution is 7.13. The molecule has 0 bridgehead atoms. The maximum atomic E-state index is 10.2. The molecule has 3 rings (SSSR count). The van der Waals surface area contributed by atoms with Gasteiger partial charge in [-0.25, -0.2) is 9.97 Å². The minimum atomic E-state index is -0.516. The molecule has 0 aliphatic rings. The lowest BCUT2D eigenvalue weighted by molar-refractivity contribution is 0.177. The van der Waals surface area contributed by atoms with Crippen molar-refractivity contribution in [3.05, 3.63) is 59.5 Å². The molecule has 0 saturated carbocycles. The molecule has 4 nitrogen and oxygen atoms in total. The topological polar surface area (TPSA) is 50.9 Å². The molecule has 0 fully saturated rings. The molecule has 0 saturated heterocycles. The van der Waals surface area contributed by atoms with E-state index in [4.69, 9.17) is 0 Å². The average Bonchev–Trinajstić information content (AvgIpc) is 3.08. The minimum Gasteiger partial charge on any atom is -0.388 e. The summed E-state index contributed by atoms with van der Waals surface area (Å²) in [5, 5.41) is 13.1. The average molecular weight is 285 g/mol. The van der Waals surface area contributed by atoms with Gasteiger partial charge in [0.05, 0.1) is 30.0 Å². The van der Waals surface area contributed by atoms with Crippen LogP contribution in [0.25, 0.3) is 10.7 Å². The minimum absolute atomic E-state index is 0.516. The van der Waals surface area contributed by atoms with Crippen molar-refractivity contribution in [3.8, 4) is 10.7 Å². The van der Waals surface area contributed by atoms with E-state index in [1.165, 1.54) is 0 Å². The summed E-state index contributed by atoms with van der Waals surface area (Å²) in [6, 6.07) is 9.67. The van der Waals surface area contributed by atoms with Crippen LogP contribution in [0.4, 0.5) is 0 Å². The monoisotopic (exact) mass is 285 g/mol. The summed E-state index contributed by atoms with van der Waals surface area (Å²) in [7, 11) is 1.95. The molecule has 1 N–H and O–H groups in total. The molecule has 0 radical (unpaired) electrons. The number of aryl methyl sites for hydroxylation is 1. The molecule has 0 spiro atoms. The van der Waals surface area contributed by atoms with Gasteiger partial charge in [-0.1, -0.05) is 30.3 Å². The van der Waals surface area contributed by atoms with Gasteiger partial charge in [0.1, 0.15) is 5.01 Å². The Labute approximate surface area is 121 Å². The van der Waals surface area contributed by atoms with Gasteiger partial charge in [0, 0.05) is 18.8 Å².